The summed E-state index contributed by atoms with van der Waals surface area (Å²) in [5, 5.41) is 0. The second-order valence-corrected chi connectivity index (χ2v) is 8.78. The summed E-state index contributed by atoms with van der Waals surface area (Å²) >= 11 is 0. The second kappa shape index (κ2) is 6.70. The highest BCUT2D eigenvalue weighted by molar-refractivity contribution is 5.80. The Bertz CT molecular complexity index is 896. The molecule has 1 saturated carbocycles. The van der Waals surface area contributed by atoms with Crippen molar-refractivity contribution >= 4 is 5.91 Å². The fourth-order valence-electron chi connectivity index (χ4n) is 5.20. The lowest BCUT2D eigenvalue weighted by Gasteiger charge is -2.32. The minimum absolute atomic E-state index is 0.0328. The smallest absolute Gasteiger partial charge is 0.225 e. The van der Waals surface area contributed by atoms with Crippen LogP contribution in [0, 0.1) is 24.6 Å². The Morgan fingerprint density at radius 2 is 2.04 bits per heavy atom. The molecule has 4 heteroatoms. The molecule has 2 aromatic carbocycles. The summed E-state index contributed by atoms with van der Waals surface area (Å²) in [5.74, 6) is 0.560. The summed E-state index contributed by atoms with van der Waals surface area (Å²) in [6, 6.07) is 15.4. The van der Waals surface area contributed by atoms with Crippen LogP contribution in [0.15, 0.2) is 48.5 Å². The highest BCUT2D eigenvalue weighted by atomic mass is 19.1. The number of carbonyl (C=O) groups excluding carboxylic acids is 1. The van der Waals surface area contributed by atoms with Crippen LogP contribution in [0.2, 0.25) is 0 Å². The summed E-state index contributed by atoms with van der Waals surface area (Å²) in [7, 11) is 0. The second-order valence-electron chi connectivity index (χ2n) is 8.78. The molecule has 2 unspecified atom stereocenters. The number of likely N-dealkylation sites (tertiary alicyclic amines) is 1. The fourth-order valence-corrected chi connectivity index (χ4v) is 5.20. The van der Waals surface area contributed by atoms with Crippen molar-refractivity contribution in [2.24, 2.45) is 11.8 Å². The maximum absolute atomic E-state index is 13.6. The molecule has 0 spiro atoms. The SMILES string of the molecule is Cc1ccc(C23CC2CN(C(=O)[C@@H]2CCO[C@H](c4cccc(F)c4)C2)C3)cc1. The van der Waals surface area contributed by atoms with Crippen LogP contribution < -0.4 is 0 Å². The Balaban J connectivity index is 1.28. The molecular formula is C24H26FNO2. The number of carbonyl (C=O) groups is 1. The minimum atomic E-state index is -0.255. The van der Waals surface area contributed by atoms with Gasteiger partial charge in [-0.3, -0.25) is 4.79 Å². The number of hydrogen-bond acceptors (Lipinski definition) is 2. The van der Waals surface area contributed by atoms with Crippen LogP contribution >= 0.6 is 0 Å². The van der Waals surface area contributed by atoms with Crippen molar-refractivity contribution in [3.63, 3.8) is 0 Å². The standard InChI is InChI=1S/C24H26FNO2/c1-16-5-7-19(8-6-16)24-13-20(24)14-26(15-24)23(27)18-9-10-28-22(12-18)17-3-2-4-21(25)11-17/h2-8,11,18,20,22H,9-10,12-15H2,1H3/t18-,20?,22+,24?/m1/s1. The number of aryl methyl sites for hydroxylation is 1. The maximum atomic E-state index is 13.6. The van der Waals surface area contributed by atoms with Crippen molar-refractivity contribution < 1.29 is 13.9 Å². The molecular weight excluding hydrogens is 353 g/mol. The summed E-state index contributed by atoms with van der Waals surface area (Å²) in [4.78, 5) is 15.3. The van der Waals surface area contributed by atoms with Crippen molar-refractivity contribution in [1.29, 1.82) is 0 Å². The van der Waals surface area contributed by atoms with Crippen molar-refractivity contribution in [2.75, 3.05) is 19.7 Å². The zero-order valence-corrected chi connectivity index (χ0v) is 16.2. The average Bonchev–Trinajstić information content (AvgIpc) is 3.29. The van der Waals surface area contributed by atoms with Crippen LogP contribution in [0.25, 0.3) is 0 Å². The first-order chi connectivity index (χ1) is 13.5. The van der Waals surface area contributed by atoms with Gasteiger partial charge in [-0.2, -0.15) is 0 Å². The van der Waals surface area contributed by atoms with E-state index in [1.165, 1.54) is 29.7 Å². The zero-order chi connectivity index (χ0) is 19.3. The van der Waals surface area contributed by atoms with Gasteiger partial charge >= 0.3 is 0 Å². The first-order valence-electron chi connectivity index (χ1n) is 10.3. The van der Waals surface area contributed by atoms with Crippen LogP contribution in [0.5, 0.6) is 0 Å². The number of fused-ring (bicyclic) bond motifs is 1. The van der Waals surface area contributed by atoms with Gasteiger partial charge in [-0.05, 0) is 55.4 Å². The predicted octanol–water partition coefficient (Wildman–Crippen LogP) is 4.40. The van der Waals surface area contributed by atoms with Crippen molar-refractivity contribution in [2.45, 2.75) is 37.7 Å². The molecule has 0 N–H and O–H groups in total. The number of nitrogens with zero attached hydrogens (tertiary/aromatic N) is 1. The topological polar surface area (TPSA) is 29.5 Å². The summed E-state index contributed by atoms with van der Waals surface area (Å²) in [5.41, 5.74) is 3.66. The van der Waals surface area contributed by atoms with Crippen molar-refractivity contribution in [3.05, 3.63) is 71.0 Å². The molecule has 2 aromatic rings. The number of halogens is 1. The van der Waals surface area contributed by atoms with E-state index in [2.05, 4.69) is 36.1 Å². The van der Waals surface area contributed by atoms with Crippen molar-refractivity contribution in [3.8, 4) is 0 Å². The normalized spacial score (nSPS) is 31.5. The molecule has 4 atom stereocenters. The van der Waals surface area contributed by atoms with E-state index < -0.39 is 0 Å². The minimum Gasteiger partial charge on any atom is -0.373 e. The van der Waals surface area contributed by atoms with Crippen LogP contribution in [0.1, 0.15) is 42.1 Å². The van der Waals surface area contributed by atoms with E-state index in [1.54, 1.807) is 6.07 Å². The highest BCUT2D eigenvalue weighted by Crippen LogP contribution is 2.59. The molecule has 0 bridgehead atoms. The Kier molecular flexibility index (Phi) is 4.27. The molecule has 0 radical (unpaired) electrons. The van der Waals surface area contributed by atoms with E-state index >= 15 is 0 Å². The predicted molar refractivity (Wildman–Crippen MR) is 105 cm³/mol. The molecule has 3 fully saturated rings. The molecule has 0 aromatic heterocycles. The third kappa shape index (κ3) is 3.04. The van der Waals surface area contributed by atoms with Gasteiger partial charge in [0.15, 0.2) is 0 Å². The number of amides is 1. The average molecular weight is 379 g/mol. The van der Waals surface area contributed by atoms with Crippen molar-refractivity contribution in [1.82, 2.24) is 4.90 Å². The van der Waals surface area contributed by atoms with Crippen LogP contribution in [-0.4, -0.2) is 30.5 Å². The summed E-state index contributed by atoms with van der Waals surface area (Å²) < 4.78 is 19.4. The fraction of sp³-hybridized carbons (Fsp3) is 0.458. The Hall–Kier alpha value is -2.20. The lowest BCUT2D eigenvalue weighted by molar-refractivity contribution is -0.140. The molecule has 2 aliphatic heterocycles. The summed E-state index contributed by atoms with van der Waals surface area (Å²) in [6.45, 7) is 4.37. The molecule has 1 aliphatic carbocycles. The lowest BCUT2D eigenvalue weighted by Crippen LogP contribution is -2.39. The zero-order valence-electron chi connectivity index (χ0n) is 16.2. The van der Waals surface area contributed by atoms with E-state index in [1.807, 2.05) is 6.07 Å². The molecule has 28 heavy (non-hydrogen) atoms. The first-order valence-corrected chi connectivity index (χ1v) is 10.3. The van der Waals surface area contributed by atoms with Gasteiger partial charge in [-0.25, -0.2) is 4.39 Å². The first kappa shape index (κ1) is 17.9. The molecule has 3 aliphatic rings. The highest BCUT2D eigenvalue weighted by Gasteiger charge is 2.61. The van der Waals surface area contributed by atoms with Gasteiger partial charge in [0.1, 0.15) is 5.82 Å². The number of hydrogen-bond donors (Lipinski definition) is 0. The van der Waals surface area contributed by atoms with Gasteiger partial charge in [0.05, 0.1) is 6.10 Å². The maximum Gasteiger partial charge on any atom is 0.225 e. The van der Waals surface area contributed by atoms with Gasteiger partial charge in [0, 0.05) is 31.0 Å². The van der Waals surface area contributed by atoms with Gasteiger partial charge < -0.3 is 9.64 Å². The van der Waals surface area contributed by atoms with E-state index in [0.29, 0.717) is 18.9 Å². The van der Waals surface area contributed by atoms with E-state index in [0.717, 1.165) is 25.1 Å². The third-order valence-corrected chi connectivity index (χ3v) is 6.94. The van der Waals surface area contributed by atoms with E-state index in [9.17, 15) is 9.18 Å². The Morgan fingerprint density at radius 1 is 1.21 bits per heavy atom. The van der Waals surface area contributed by atoms with Gasteiger partial charge in [0.25, 0.3) is 0 Å². The monoisotopic (exact) mass is 379 g/mol. The number of ether oxygens (including phenoxy) is 1. The lowest BCUT2D eigenvalue weighted by atomic mass is 9.90. The third-order valence-electron chi connectivity index (χ3n) is 6.94. The Morgan fingerprint density at radius 3 is 2.82 bits per heavy atom. The molecule has 146 valence electrons. The molecule has 3 nitrogen and oxygen atoms in total. The molecule has 1 amide bonds. The number of benzene rings is 2. The van der Waals surface area contributed by atoms with Crippen LogP contribution in [0.3, 0.4) is 0 Å². The van der Waals surface area contributed by atoms with Gasteiger partial charge in [-0.15, -0.1) is 0 Å². The van der Waals surface area contributed by atoms with Crippen LogP contribution in [-0.2, 0) is 14.9 Å². The summed E-state index contributed by atoms with van der Waals surface area (Å²) in [6.07, 6.45) is 2.39. The van der Waals surface area contributed by atoms with E-state index in [4.69, 9.17) is 4.74 Å². The van der Waals surface area contributed by atoms with Gasteiger partial charge in [0.2, 0.25) is 5.91 Å². The quantitative estimate of drug-likeness (QED) is 0.791. The van der Waals surface area contributed by atoms with Gasteiger partial charge in [-0.1, -0.05) is 42.0 Å². The number of piperidine rings is 1. The molecule has 2 saturated heterocycles. The largest absolute Gasteiger partial charge is 0.373 e. The van der Waals surface area contributed by atoms with Crippen LogP contribution in [0.4, 0.5) is 4.39 Å². The van der Waals surface area contributed by atoms with E-state index in [-0.39, 0.29) is 29.2 Å². The Labute approximate surface area is 165 Å². The molecule has 5 rings (SSSR count). The number of rotatable bonds is 3. The molecule has 2 heterocycles.